The fourth-order valence-electron chi connectivity index (χ4n) is 5.48. The Hall–Kier alpha value is -5.81. The molecule has 5 heteroatoms. The maximum absolute atomic E-state index is 5.12. The van der Waals surface area contributed by atoms with Crippen LogP contribution in [-0.4, -0.2) is 27.5 Å². The van der Waals surface area contributed by atoms with Crippen molar-refractivity contribution in [3.63, 3.8) is 0 Å². The van der Waals surface area contributed by atoms with Gasteiger partial charge in [0.15, 0.2) is 23.3 Å². The minimum Gasteiger partial charge on any atom is -0.245 e. The lowest BCUT2D eigenvalue weighted by atomic mass is 9.96. The smallest absolute Gasteiger partial charge is 0.164 e. The lowest BCUT2D eigenvalue weighted by molar-refractivity contribution is 1.07. The summed E-state index contributed by atoms with van der Waals surface area (Å²) < 4.78 is 0. The van der Waals surface area contributed by atoms with E-state index in [1.165, 1.54) is 10.8 Å². The van der Waals surface area contributed by atoms with Crippen LogP contribution in [0.4, 0.5) is 5.69 Å². The maximum atomic E-state index is 5.12. The average molecular weight is 554 g/mol. The fraction of sp³-hybridized carbons (Fsp3) is 0.0263. The highest BCUT2D eigenvalue weighted by molar-refractivity contribution is 6.16. The summed E-state index contributed by atoms with van der Waals surface area (Å²) in [5.41, 5.74) is 5.50. The minimum absolute atomic E-state index is 0.533. The van der Waals surface area contributed by atoms with Crippen LogP contribution in [-0.2, 0) is 0 Å². The third kappa shape index (κ3) is 4.98. The number of nitrogens with zero attached hydrogens (tertiary/aromatic N) is 5. The molecule has 204 valence electrons. The second kappa shape index (κ2) is 11.2. The normalized spacial score (nSPS) is 11.6. The molecule has 0 radical (unpaired) electrons. The first kappa shape index (κ1) is 26.1. The molecular formula is C38H27N5. The molecule has 7 aromatic rings. The van der Waals surface area contributed by atoms with Crippen LogP contribution in [0.5, 0.6) is 0 Å². The summed E-state index contributed by atoms with van der Waals surface area (Å²) in [6, 6.07) is 44.7. The lowest BCUT2D eigenvalue weighted by Crippen LogP contribution is -2.02. The number of amidine groups is 1. The lowest BCUT2D eigenvalue weighted by Gasteiger charge is -2.13. The predicted octanol–water partition coefficient (Wildman–Crippen LogP) is 9.27. The Bertz CT molecular complexity index is 2090. The summed E-state index contributed by atoms with van der Waals surface area (Å²) in [5.74, 6) is 2.34. The zero-order chi connectivity index (χ0) is 29.2. The monoisotopic (exact) mass is 553 g/mol. The van der Waals surface area contributed by atoms with E-state index in [2.05, 4.69) is 61.1 Å². The first-order valence-electron chi connectivity index (χ1n) is 14.1. The topological polar surface area (TPSA) is 63.4 Å². The highest BCUT2D eigenvalue weighted by atomic mass is 15.0. The fourth-order valence-corrected chi connectivity index (χ4v) is 5.48. The van der Waals surface area contributed by atoms with Gasteiger partial charge in [0, 0.05) is 27.6 Å². The zero-order valence-electron chi connectivity index (χ0n) is 23.6. The van der Waals surface area contributed by atoms with Gasteiger partial charge in [0.25, 0.3) is 0 Å². The minimum atomic E-state index is 0.533. The van der Waals surface area contributed by atoms with Gasteiger partial charge in [0.2, 0.25) is 0 Å². The van der Waals surface area contributed by atoms with Crippen molar-refractivity contribution in [2.24, 2.45) is 9.98 Å². The summed E-state index contributed by atoms with van der Waals surface area (Å²) in [7, 11) is 0. The Morgan fingerprint density at radius 3 is 1.56 bits per heavy atom. The Labute approximate surface area is 250 Å². The van der Waals surface area contributed by atoms with E-state index in [4.69, 9.17) is 19.9 Å². The Kier molecular flexibility index (Phi) is 6.82. The standard InChI is InChI=1S/C38H27N5/c1-25-30-20-9-10-21-31(30)32-22-11-12-23-33(32)34(25)40-35(39-2)28-18-13-19-29(24-28)38-42-36(26-14-5-3-6-15-26)41-37(43-38)27-16-7-4-8-17-27/h3-24H,2H2,1H3. The molecule has 0 aliphatic rings. The van der Waals surface area contributed by atoms with Crippen molar-refractivity contribution >= 4 is 39.8 Å². The quantitative estimate of drug-likeness (QED) is 0.121. The number of fused-ring (bicyclic) bond motifs is 3. The van der Waals surface area contributed by atoms with Crippen molar-refractivity contribution in [2.75, 3.05) is 0 Å². The molecule has 0 unspecified atom stereocenters. The molecule has 0 fully saturated rings. The predicted molar refractivity (Wildman–Crippen MR) is 178 cm³/mol. The molecular weight excluding hydrogens is 526 g/mol. The van der Waals surface area contributed by atoms with Crippen molar-refractivity contribution in [1.29, 1.82) is 0 Å². The average Bonchev–Trinajstić information content (AvgIpc) is 3.09. The second-order valence-electron chi connectivity index (χ2n) is 10.3. The van der Waals surface area contributed by atoms with Gasteiger partial charge in [-0.05, 0) is 41.4 Å². The third-order valence-corrected chi connectivity index (χ3v) is 7.60. The van der Waals surface area contributed by atoms with Crippen LogP contribution in [0.15, 0.2) is 143 Å². The van der Waals surface area contributed by atoms with E-state index in [1.807, 2.05) is 91.0 Å². The van der Waals surface area contributed by atoms with Crippen LogP contribution in [0, 0.1) is 6.92 Å². The molecule has 6 aromatic carbocycles. The summed E-state index contributed by atoms with van der Waals surface area (Å²) in [6.45, 7) is 6.01. The molecule has 0 saturated heterocycles. The molecule has 1 heterocycles. The van der Waals surface area contributed by atoms with E-state index in [0.29, 0.717) is 23.3 Å². The molecule has 0 amide bonds. The van der Waals surface area contributed by atoms with Crippen LogP contribution in [0.1, 0.15) is 11.1 Å². The molecule has 0 atom stereocenters. The molecule has 0 saturated carbocycles. The van der Waals surface area contributed by atoms with E-state index in [-0.39, 0.29) is 0 Å². The van der Waals surface area contributed by atoms with Crippen molar-refractivity contribution in [3.05, 3.63) is 145 Å². The van der Waals surface area contributed by atoms with Crippen molar-refractivity contribution < 1.29 is 0 Å². The molecule has 1 aromatic heterocycles. The van der Waals surface area contributed by atoms with Gasteiger partial charge < -0.3 is 0 Å². The SMILES string of the molecule is C=NC(=Nc1c(C)c2ccccc2c2ccccc12)c1cccc(-c2nc(-c3ccccc3)nc(-c3ccccc3)n2)c1. The first-order valence-corrected chi connectivity index (χ1v) is 14.1. The molecule has 5 nitrogen and oxygen atoms in total. The number of hydrogen-bond donors (Lipinski definition) is 0. The van der Waals surface area contributed by atoms with Crippen molar-refractivity contribution in [1.82, 2.24) is 15.0 Å². The first-order chi connectivity index (χ1) is 21.2. The van der Waals surface area contributed by atoms with Crippen LogP contribution in [0.3, 0.4) is 0 Å². The highest BCUT2D eigenvalue weighted by Gasteiger charge is 2.15. The molecule has 7 rings (SSSR count). The molecule has 43 heavy (non-hydrogen) atoms. The Morgan fingerprint density at radius 2 is 0.977 bits per heavy atom. The van der Waals surface area contributed by atoms with Crippen LogP contribution >= 0.6 is 0 Å². The maximum Gasteiger partial charge on any atom is 0.164 e. The van der Waals surface area contributed by atoms with E-state index >= 15 is 0 Å². The number of aryl methyl sites for hydroxylation is 1. The molecule has 0 bridgehead atoms. The van der Waals surface area contributed by atoms with Gasteiger partial charge in [0.1, 0.15) is 0 Å². The number of hydrogen-bond acceptors (Lipinski definition) is 4. The number of benzene rings is 6. The zero-order valence-corrected chi connectivity index (χ0v) is 23.6. The number of aliphatic imine (C=N–C) groups is 2. The number of rotatable bonds is 5. The summed E-state index contributed by atoms with van der Waals surface area (Å²) in [6.07, 6.45) is 0. The van der Waals surface area contributed by atoms with Gasteiger partial charge >= 0.3 is 0 Å². The van der Waals surface area contributed by atoms with Gasteiger partial charge in [0.05, 0.1) is 5.69 Å². The molecule has 0 N–H and O–H groups in total. The van der Waals surface area contributed by atoms with Crippen molar-refractivity contribution in [3.8, 4) is 34.2 Å². The third-order valence-electron chi connectivity index (χ3n) is 7.60. The molecule has 0 spiro atoms. The van der Waals surface area contributed by atoms with E-state index in [9.17, 15) is 0 Å². The summed E-state index contributed by atoms with van der Waals surface area (Å²) in [5, 5.41) is 4.62. The highest BCUT2D eigenvalue weighted by Crippen LogP contribution is 2.38. The molecule has 0 aliphatic carbocycles. The number of aromatic nitrogens is 3. The van der Waals surface area contributed by atoms with Gasteiger partial charge in [-0.1, -0.05) is 127 Å². The van der Waals surface area contributed by atoms with E-state index < -0.39 is 0 Å². The van der Waals surface area contributed by atoms with E-state index in [0.717, 1.165) is 44.3 Å². The van der Waals surface area contributed by atoms with Crippen LogP contribution < -0.4 is 0 Å². The Balaban J connectivity index is 1.38. The summed E-state index contributed by atoms with van der Waals surface area (Å²) >= 11 is 0. The van der Waals surface area contributed by atoms with Crippen LogP contribution in [0.25, 0.3) is 55.7 Å². The van der Waals surface area contributed by atoms with Gasteiger partial charge in [-0.2, -0.15) is 0 Å². The van der Waals surface area contributed by atoms with Crippen molar-refractivity contribution in [2.45, 2.75) is 6.92 Å². The second-order valence-corrected chi connectivity index (χ2v) is 10.3. The van der Waals surface area contributed by atoms with Gasteiger partial charge in [-0.25, -0.2) is 24.9 Å². The Morgan fingerprint density at radius 1 is 0.512 bits per heavy atom. The van der Waals surface area contributed by atoms with Crippen LogP contribution in [0.2, 0.25) is 0 Å². The van der Waals surface area contributed by atoms with Gasteiger partial charge in [-0.3, -0.25) is 0 Å². The largest absolute Gasteiger partial charge is 0.245 e. The van der Waals surface area contributed by atoms with Gasteiger partial charge in [-0.15, -0.1) is 0 Å². The molecule has 0 aliphatic heterocycles. The summed E-state index contributed by atoms with van der Waals surface area (Å²) in [4.78, 5) is 24.1. The van der Waals surface area contributed by atoms with E-state index in [1.54, 1.807) is 0 Å².